The van der Waals surface area contributed by atoms with Crippen molar-refractivity contribution in [3.63, 3.8) is 0 Å². The number of urea groups is 1. The van der Waals surface area contributed by atoms with Crippen LogP contribution < -0.4 is 10.6 Å². The highest BCUT2D eigenvalue weighted by Crippen LogP contribution is 2.22. The smallest absolute Gasteiger partial charge is 0.319 e. The average molecular weight is 469 g/mol. The Labute approximate surface area is 202 Å². The number of rotatable bonds is 9. The molecule has 3 aromatic carbocycles. The molecule has 0 saturated carbocycles. The summed E-state index contributed by atoms with van der Waals surface area (Å²) in [6, 6.07) is 24.2. The summed E-state index contributed by atoms with van der Waals surface area (Å²) in [5, 5.41) is 16.5. The van der Waals surface area contributed by atoms with Crippen LogP contribution in [0.4, 0.5) is 21.9 Å². The van der Waals surface area contributed by atoms with Gasteiger partial charge in [0.1, 0.15) is 5.82 Å². The minimum atomic E-state index is -0.488. The number of hydrogen-bond acceptors (Lipinski definition) is 5. The second-order valence-electron chi connectivity index (χ2n) is 7.73. The second-order valence-corrected chi connectivity index (χ2v) is 7.73. The number of anilines is 1. The highest BCUT2D eigenvalue weighted by molar-refractivity contribution is 5.89. The lowest BCUT2D eigenvalue weighted by atomic mass is 10.1. The van der Waals surface area contributed by atoms with Gasteiger partial charge in [-0.3, -0.25) is 15.1 Å². The van der Waals surface area contributed by atoms with E-state index in [1.807, 2.05) is 66.9 Å². The van der Waals surface area contributed by atoms with Gasteiger partial charge in [-0.1, -0.05) is 48.5 Å². The van der Waals surface area contributed by atoms with Crippen molar-refractivity contribution in [3.8, 4) is 11.3 Å². The van der Waals surface area contributed by atoms with Crippen LogP contribution in [0.25, 0.3) is 11.3 Å². The van der Waals surface area contributed by atoms with Gasteiger partial charge in [-0.15, -0.1) is 0 Å². The van der Waals surface area contributed by atoms with E-state index in [-0.39, 0.29) is 5.69 Å². The van der Waals surface area contributed by atoms with Gasteiger partial charge >= 0.3 is 6.03 Å². The van der Waals surface area contributed by atoms with Crippen LogP contribution in [0.15, 0.2) is 96.1 Å². The number of amides is 2. The van der Waals surface area contributed by atoms with E-state index >= 15 is 0 Å². The van der Waals surface area contributed by atoms with E-state index in [2.05, 4.69) is 25.6 Å². The zero-order valence-electron chi connectivity index (χ0n) is 18.8. The highest BCUT2D eigenvalue weighted by Gasteiger charge is 2.18. The molecule has 0 aliphatic rings. The molecule has 0 aliphatic carbocycles. The SMILES string of the molecule is O=C(Nc1ccc([N+](=O)[O-])cc1)NC(CCC=Nc1ccccc1)c1ncc(-c2ccccc2)[nH]1. The molecular weight excluding hydrogens is 444 g/mol. The maximum atomic E-state index is 12.7. The lowest BCUT2D eigenvalue weighted by Gasteiger charge is -2.16. The van der Waals surface area contributed by atoms with Gasteiger partial charge in [-0.2, -0.15) is 0 Å². The molecule has 4 rings (SSSR count). The van der Waals surface area contributed by atoms with E-state index in [0.29, 0.717) is 24.4 Å². The quantitative estimate of drug-likeness (QED) is 0.157. The molecular formula is C26H24N6O3. The maximum Gasteiger partial charge on any atom is 0.319 e. The number of nitro groups is 1. The van der Waals surface area contributed by atoms with Crippen molar-refractivity contribution >= 4 is 29.3 Å². The van der Waals surface area contributed by atoms with E-state index in [1.165, 1.54) is 24.3 Å². The van der Waals surface area contributed by atoms with Crippen molar-refractivity contribution in [1.82, 2.24) is 15.3 Å². The zero-order chi connectivity index (χ0) is 24.5. The Hall–Kier alpha value is -4.79. The Morgan fingerprint density at radius 1 is 1.03 bits per heavy atom. The number of para-hydroxylation sites is 1. The van der Waals surface area contributed by atoms with Gasteiger partial charge in [0.05, 0.1) is 28.5 Å². The third-order valence-electron chi connectivity index (χ3n) is 5.23. The van der Waals surface area contributed by atoms with Crippen molar-refractivity contribution in [3.05, 3.63) is 107 Å². The van der Waals surface area contributed by atoms with Gasteiger partial charge in [0.2, 0.25) is 0 Å². The molecule has 4 aromatic rings. The molecule has 1 unspecified atom stereocenters. The van der Waals surface area contributed by atoms with Crippen LogP contribution >= 0.6 is 0 Å². The number of imidazole rings is 1. The summed E-state index contributed by atoms with van der Waals surface area (Å²) in [6.45, 7) is 0. The van der Waals surface area contributed by atoms with Crippen LogP contribution in [-0.2, 0) is 0 Å². The minimum absolute atomic E-state index is 0.0458. The van der Waals surface area contributed by atoms with E-state index in [1.54, 1.807) is 6.20 Å². The van der Waals surface area contributed by atoms with Crippen molar-refractivity contribution in [2.75, 3.05) is 5.32 Å². The van der Waals surface area contributed by atoms with Crippen molar-refractivity contribution in [1.29, 1.82) is 0 Å². The number of carbonyl (C=O) groups is 1. The van der Waals surface area contributed by atoms with Gasteiger partial charge in [-0.25, -0.2) is 9.78 Å². The van der Waals surface area contributed by atoms with Crippen LogP contribution in [-0.4, -0.2) is 27.1 Å². The molecule has 2 amide bonds. The number of carbonyl (C=O) groups excluding carboxylic acids is 1. The minimum Gasteiger partial charge on any atom is -0.340 e. The number of benzene rings is 3. The Kier molecular flexibility index (Phi) is 7.59. The molecule has 0 aliphatic heterocycles. The molecule has 9 heteroatoms. The molecule has 0 saturated heterocycles. The van der Waals surface area contributed by atoms with Gasteiger partial charge in [0.15, 0.2) is 0 Å². The summed E-state index contributed by atoms with van der Waals surface area (Å²) in [4.78, 5) is 35.3. The van der Waals surface area contributed by atoms with E-state index in [4.69, 9.17) is 0 Å². The summed E-state index contributed by atoms with van der Waals surface area (Å²) < 4.78 is 0. The number of nitrogens with zero attached hydrogens (tertiary/aromatic N) is 3. The molecule has 35 heavy (non-hydrogen) atoms. The number of nitro benzene ring substituents is 1. The van der Waals surface area contributed by atoms with E-state index in [0.717, 1.165) is 16.9 Å². The number of H-pyrrole nitrogens is 1. The van der Waals surface area contributed by atoms with Gasteiger partial charge in [-0.05, 0) is 42.7 Å². The molecule has 0 spiro atoms. The number of aromatic nitrogens is 2. The van der Waals surface area contributed by atoms with Gasteiger partial charge < -0.3 is 15.6 Å². The van der Waals surface area contributed by atoms with Crippen LogP contribution in [0.5, 0.6) is 0 Å². The molecule has 1 heterocycles. The molecule has 3 N–H and O–H groups in total. The molecule has 1 atom stereocenters. The first-order chi connectivity index (χ1) is 17.1. The Morgan fingerprint density at radius 2 is 1.71 bits per heavy atom. The van der Waals surface area contributed by atoms with E-state index in [9.17, 15) is 14.9 Å². The first kappa shape index (κ1) is 23.4. The predicted molar refractivity (Wildman–Crippen MR) is 136 cm³/mol. The summed E-state index contributed by atoms with van der Waals surface area (Å²) in [5.41, 5.74) is 3.10. The Morgan fingerprint density at radius 3 is 2.40 bits per heavy atom. The van der Waals surface area contributed by atoms with Crippen LogP contribution in [0.3, 0.4) is 0 Å². The van der Waals surface area contributed by atoms with E-state index < -0.39 is 17.0 Å². The Bertz CT molecular complexity index is 1290. The number of aliphatic imine (C=N–C) groups is 1. The van der Waals surface area contributed by atoms with Crippen LogP contribution in [0, 0.1) is 10.1 Å². The topological polar surface area (TPSA) is 125 Å². The molecule has 1 aromatic heterocycles. The molecule has 0 bridgehead atoms. The largest absolute Gasteiger partial charge is 0.340 e. The third kappa shape index (κ3) is 6.61. The first-order valence-corrected chi connectivity index (χ1v) is 11.1. The monoisotopic (exact) mass is 468 g/mol. The lowest BCUT2D eigenvalue weighted by molar-refractivity contribution is -0.384. The van der Waals surface area contributed by atoms with Gasteiger partial charge in [0.25, 0.3) is 5.69 Å². The Balaban J connectivity index is 1.46. The number of non-ortho nitro benzene ring substituents is 1. The summed E-state index contributed by atoms with van der Waals surface area (Å²) in [5.74, 6) is 0.621. The normalized spacial score (nSPS) is 11.8. The summed E-state index contributed by atoms with van der Waals surface area (Å²) >= 11 is 0. The molecule has 9 nitrogen and oxygen atoms in total. The fourth-order valence-electron chi connectivity index (χ4n) is 3.47. The average Bonchev–Trinajstić information content (AvgIpc) is 3.38. The molecule has 176 valence electrons. The number of nitrogens with one attached hydrogen (secondary N) is 3. The van der Waals surface area contributed by atoms with Crippen LogP contribution in [0.1, 0.15) is 24.7 Å². The van der Waals surface area contributed by atoms with Crippen molar-refractivity contribution in [2.45, 2.75) is 18.9 Å². The lowest BCUT2D eigenvalue weighted by Crippen LogP contribution is -2.33. The highest BCUT2D eigenvalue weighted by atomic mass is 16.6. The third-order valence-corrected chi connectivity index (χ3v) is 5.23. The molecule has 0 radical (unpaired) electrons. The summed E-state index contributed by atoms with van der Waals surface area (Å²) in [6.07, 6.45) is 4.73. The van der Waals surface area contributed by atoms with Crippen molar-refractivity contribution < 1.29 is 9.72 Å². The number of aromatic amines is 1. The fraction of sp³-hybridized carbons (Fsp3) is 0.115. The second kappa shape index (κ2) is 11.4. The predicted octanol–water partition coefficient (Wildman–Crippen LogP) is 6.03. The fourth-order valence-corrected chi connectivity index (χ4v) is 3.47. The number of hydrogen-bond donors (Lipinski definition) is 3. The van der Waals surface area contributed by atoms with Crippen molar-refractivity contribution in [2.24, 2.45) is 4.99 Å². The first-order valence-electron chi connectivity index (χ1n) is 11.1. The maximum absolute atomic E-state index is 12.7. The standard InChI is InChI=1S/C26H24N6O3/c33-26(29-21-13-15-22(16-14-21)32(34)35)31-23(12-7-17-27-20-10-5-2-6-11-20)25-28-18-24(30-25)19-8-3-1-4-9-19/h1-6,8-11,13-18,23H,7,12H2,(H,28,30)(H2,29,31,33). The van der Waals surface area contributed by atoms with Gasteiger partial charge in [0, 0.05) is 24.0 Å². The zero-order valence-corrected chi connectivity index (χ0v) is 18.8. The van der Waals surface area contributed by atoms with Crippen LogP contribution in [0.2, 0.25) is 0 Å². The molecule has 0 fully saturated rings. The summed E-state index contributed by atoms with van der Waals surface area (Å²) in [7, 11) is 0.